The number of likely N-dealkylation sites (tertiary alicyclic amines) is 1. The Kier molecular flexibility index (Phi) is 5.42. The first-order chi connectivity index (χ1) is 7.27. The monoisotopic (exact) mass is 215 g/mol. The molecule has 5 heteroatoms. The van der Waals surface area contributed by atoms with Crippen molar-refractivity contribution >= 4 is 5.84 Å². The standard InChI is InChI=1S/C10H21N3O2/c1-2-15-8-9-5-3-4-6-13(9)7-10(11)12-14/h9,14H,2-8H2,1H3,(H2,11,12). The zero-order chi connectivity index (χ0) is 11.1. The van der Waals surface area contributed by atoms with E-state index in [1.807, 2.05) is 6.92 Å². The van der Waals surface area contributed by atoms with E-state index in [0.29, 0.717) is 12.6 Å². The molecule has 1 fully saturated rings. The van der Waals surface area contributed by atoms with Gasteiger partial charge in [0.2, 0.25) is 0 Å². The number of nitrogens with zero attached hydrogens (tertiary/aromatic N) is 2. The highest BCUT2D eigenvalue weighted by atomic mass is 16.5. The molecule has 1 aliphatic rings. The molecule has 1 aliphatic heterocycles. The number of rotatable bonds is 5. The van der Waals surface area contributed by atoms with E-state index in [9.17, 15) is 0 Å². The van der Waals surface area contributed by atoms with Crippen LogP contribution in [-0.4, -0.2) is 48.3 Å². The van der Waals surface area contributed by atoms with Crippen LogP contribution in [-0.2, 0) is 4.74 Å². The van der Waals surface area contributed by atoms with Gasteiger partial charge in [-0.25, -0.2) is 0 Å². The van der Waals surface area contributed by atoms with Crippen LogP contribution in [0.5, 0.6) is 0 Å². The molecule has 0 radical (unpaired) electrons. The quantitative estimate of drug-likeness (QED) is 0.305. The summed E-state index contributed by atoms with van der Waals surface area (Å²) in [5, 5.41) is 11.5. The van der Waals surface area contributed by atoms with E-state index >= 15 is 0 Å². The number of oxime groups is 1. The van der Waals surface area contributed by atoms with Crippen LogP contribution >= 0.6 is 0 Å². The first-order valence-electron chi connectivity index (χ1n) is 5.56. The zero-order valence-electron chi connectivity index (χ0n) is 9.35. The Bertz CT molecular complexity index is 209. The number of ether oxygens (including phenoxy) is 1. The van der Waals surface area contributed by atoms with Gasteiger partial charge in [-0.3, -0.25) is 4.90 Å². The molecule has 0 aromatic heterocycles. The van der Waals surface area contributed by atoms with Gasteiger partial charge in [-0.1, -0.05) is 11.6 Å². The fourth-order valence-electron chi connectivity index (χ4n) is 1.95. The van der Waals surface area contributed by atoms with Crippen molar-refractivity contribution < 1.29 is 9.94 Å². The van der Waals surface area contributed by atoms with Gasteiger partial charge in [0, 0.05) is 12.6 Å². The average molecular weight is 215 g/mol. The van der Waals surface area contributed by atoms with Crippen LogP contribution in [0.2, 0.25) is 0 Å². The normalized spacial score (nSPS) is 24.3. The van der Waals surface area contributed by atoms with Gasteiger partial charge in [0.25, 0.3) is 0 Å². The summed E-state index contributed by atoms with van der Waals surface area (Å²) in [6.45, 7) is 5.03. The van der Waals surface area contributed by atoms with E-state index in [1.54, 1.807) is 0 Å². The van der Waals surface area contributed by atoms with E-state index in [1.165, 1.54) is 12.8 Å². The zero-order valence-corrected chi connectivity index (χ0v) is 9.35. The minimum atomic E-state index is 0.276. The highest BCUT2D eigenvalue weighted by Gasteiger charge is 2.22. The Labute approximate surface area is 90.9 Å². The second-order valence-electron chi connectivity index (χ2n) is 3.87. The Morgan fingerprint density at radius 3 is 3.07 bits per heavy atom. The van der Waals surface area contributed by atoms with Crippen molar-refractivity contribution in [2.24, 2.45) is 10.9 Å². The largest absolute Gasteiger partial charge is 0.409 e. The molecule has 3 N–H and O–H groups in total. The van der Waals surface area contributed by atoms with E-state index in [2.05, 4.69) is 10.1 Å². The molecule has 0 amide bonds. The number of nitrogens with two attached hydrogens (primary N) is 1. The van der Waals surface area contributed by atoms with Crippen molar-refractivity contribution in [3.05, 3.63) is 0 Å². The molecule has 1 unspecified atom stereocenters. The molecule has 0 aromatic carbocycles. The SMILES string of the molecule is CCOCC1CCCCN1C/C(N)=N/O. The van der Waals surface area contributed by atoms with E-state index < -0.39 is 0 Å². The van der Waals surface area contributed by atoms with Gasteiger partial charge in [0.05, 0.1) is 13.2 Å². The third-order valence-electron chi connectivity index (χ3n) is 2.76. The summed E-state index contributed by atoms with van der Waals surface area (Å²) in [6.07, 6.45) is 3.56. The van der Waals surface area contributed by atoms with Gasteiger partial charge >= 0.3 is 0 Å². The summed E-state index contributed by atoms with van der Waals surface area (Å²) in [4.78, 5) is 2.23. The summed E-state index contributed by atoms with van der Waals surface area (Å²) < 4.78 is 5.43. The van der Waals surface area contributed by atoms with Gasteiger partial charge in [-0.2, -0.15) is 0 Å². The van der Waals surface area contributed by atoms with Crippen molar-refractivity contribution in [2.75, 3.05) is 26.3 Å². The molecule has 1 heterocycles. The molecule has 88 valence electrons. The van der Waals surface area contributed by atoms with Crippen LogP contribution in [0.4, 0.5) is 0 Å². The molecule has 5 nitrogen and oxygen atoms in total. The smallest absolute Gasteiger partial charge is 0.153 e. The van der Waals surface area contributed by atoms with Crippen LogP contribution in [0.1, 0.15) is 26.2 Å². The number of piperidine rings is 1. The van der Waals surface area contributed by atoms with Crippen molar-refractivity contribution in [1.82, 2.24) is 4.90 Å². The van der Waals surface area contributed by atoms with Gasteiger partial charge in [-0.05, 0) is 26.3 Å². The molecule has 1 saturated heterocycles. The summed E-state index contributed by atoms with van der Waals surface area (Å²) in [5.41, 5.74) is 5.51. The number of hydrogen-bond donors (Lipinski definition) is 2. The van der Waals surface area contributed by atoms with Crippen LogP contribution < -0.4 is 5.73 Å². The van der Waals surface area contributed by atoms with Gasteiger partial charge in [0.15, 0.2) is 5.84 Å². The third kappa shape index (κ3) is 4.05. The lowest BCUT2D eigenvalue weighted by Gasteiger charge is -2.34. The molecule has 0 spiro atoms. The molecule has 1 atom stereocenters. The lowest BCUT2D eigenvalue weighted by atomic mass is 10.0. The van der Waals surface area contributed by atoms with Crippen molar-refractivity contribution in [1.29, 1.82) is 0 Å². The Morgan fingerprint density at radius 2 is 2.40 bits per heavy atom. The predicted octanol–water partition coefficient (Wildman–Crippen LogP) is 0.624. The van der Waals surface area contributed by atoms with Crippen molar-refractivity contribution in [3.8, 4) is 0 Å². The molecule has 0 saturated carbocycles. The Morgan fingerprint density at radius 1 is 1.60 bits per heavy atom. The van der Waals surface area contributed by atoms with Gasteiger partial charge < -0.3 is 15.7 Å². The van der Waals surface area contributed by atoms with Crippen molar-refractivity contribution in [3.63, 3.8) is 0 Å². The van der Waals surface area contributed by atoms with E-state index in [0.717, 1.165) is 26.2 Å². The maximum Gasteiger partial charge on any atom is 0.153 e. The lowest BCUT2D eigenvalue weighted by molar-refractivity contribution is 0.0534. The molecule has 15 heavy (non-hydrogen) atoms. The molecule has 0 aliphatic carbocycles. The molecular formula is C10H21N3O2. The minimum Gasteiger partial charge on any atom is -0.409 e. The second kappa shape index (κ2) is 6.63. The van der Waals surface area contributed by atoms with E-state index in [-0.39, 0.29) is 5.84 Å². The fraction of sp³-hybridized carbons (Fsp3) is 0.900. The van der Waals surface area contributed by atoms with Gasteiger partial charge in [-0.15, -0.1) is 0 Å². The number of amidine groups is 1. The topological polar surface area (TPSA) is 71.1 Å². The predicted molar refractivity (Wildman–Crippen MR) is 59.1 cm³/mol. The van der Waals surface area contributed by atoms with Crippen LogP contribution in [0.15, 0.2) is 5.16 Å². The number of hydrogen-bond acceptors (Lipinski definition) is 4. The summed E-state index contributed by atoms with van der Waals surface area (Å²) in [6, 6.07) is 0.416. The first kappa shape index (κ1) is 12.3. The maximum absolute atomic E-state index is 8.53. The summed E-state index contributed by atoms with van der Waals surface area (Å²) in [7, 11) is 0. The van der Waals surface area contributed by atoms with Crippen molar-refractivity contribution in [2.45, 2.75) is 32.2 Å². The average Bonchev–Trinajstić information content (AvgIpc) is 2.28. The minimum absolute atomic E-state index is 0.276. The van der Waals surface area contributed by atoms with E-state index in [4.69, 9.17) is 15.7 Å². The molecule has 0 bridgehead atoms. The van der Waals surface area contributed by atoms with Crippen LogP contribution in [0, 0.1) is 0 Å². The second-order valence-corrected chi connectivity index (χ2v) is 3.87. The highest BCUT2D eigenvalue weighted by Crippen LogP contribution is 2.16. The molecule has 0 aromatic rings. The van der Waals surface area contributed by atoms with Crippen LogP contribution in [0.3, 0.4) is 0 Å². The summed E-state index contributed by atoms with van der Waals surface area (Å²) >= 11 is 0. The third-order valence-corrected chi connectivity index (χ3v) is 2.76. The molecule has 1 rings (SSSR count). The first-order valence-corrected chi connectivity index (χ1v) is 5.56. The molecular weight excluding hydrogens is 194 g/mol. The Hall–Kier alpha value is -0.810. The Balaban J connectivity index is 2.42. The fourth-order valence-corrected chi connectivity index (χ4v) is 1.95. The van der Waals surface area contributed by atoms with Gasteiger partial charge in [0.1, 0.15) is 0 Å². The summed E-state index contributed by atoms with van der Waals surface area (Å²) in [5.74, 6) is 0.276. The maximum atomic E-state index is 8.53. The van der Waals surface area contributed by atoms with Crippen LogP contribution in [0.25, 0.3) is 0 Å². The highest BCUT2D eigenvalue weighted by molar-refractivity contribution is 5.81. The lowest BCUT2D eigenvalue weighted by Crippen LogP contribution is -2.46.